The smallest absolute Gasteiger partial charge is 0.433 e. The number of halogens is 3. The van der Waals surface area contributed by atoms with Crippen LogP contribution in [0.15, 0.2) is 35.5 Å². The third kappa shape index (κ3) is 3.94. The molecule has 4 aromatic rings. The van der Waals surface area contributed by atoms with Gasteiger partial charge < -0.3 is 9.72 Å². The number of hydrogen-bond donors (Lipinski definition) is 1. The summed E-state index contributed by atoms with van der Waals surface area (Å²) in [6.45, 7) is 1.68. The molecule has 1 aliphatic carbocycles. The summed E-state index contributed by atoms with van der Waals surface area (Å²) in [6, 6.07) is 3.42. The van der Waals surface area contributed by atoms with Crippen LogP contribution in [0.25, 0.3) is 11.0 Å². The van der Waals surface area contributed by atoms with Gasteiger partial charge in [0.05, 0.1) is 25.5 Å². The molecule has 0 bridgehead atoms. The van der Waals surface area contributed by atoms with Crippen LogP contribution in [0.3, 0.4) is 0 Å². The molecule has 10 nitrogen and oxygen atoms in total. The number of nitriles is 1. The van der Waals surface area contributed by atoms with E-state index in [0.29, 0.717) is 23.0 Å². The average Bonchev–Trinajstić information content (AvgIpc) is 3.22. The summed E-state index contributed by atoms with van der Waals surface area (Å²) in [5.41, 5.74) is -1.08. The second-order valence-electron chi connectivity index (χ2n) is 8.48. The molecule has 0 radical (unpaired) electrons. The predicted octanol–water partition coefficient (Wildman–Crippen LogP) is 3.47. The zero-order valence-electron chi connectivity index (χ0n) is 19.1. The van der Waals surface area contributed by atoms with Gasteiger partial charge in [-0.15, -0.1) is 0 Å². The number of methoxy groups -OCH3 is 1. The van der Waals surface area contributed by atoms with Crippen molar-refractivity contribution >= 4 is 11.0 Å². The van der Waals surface area contributed by atoms with Crippen molar-refractivity contribution in [3.05, 3.63) is 69.7 Å². The minimum atomic E-state index is -4.56. The van der Waals surface area contributed by atoms with Gasteiger partial charge in [-0.05, 0) is 31.4 Å². The number of fused-ring (bicyclic) bond motifs is 1. The standard InChI is InChI=1S/C23H19F3N8O2/c1-11(12-3-6-17(28-8-12)23(24,25)26)34-21-18(16(7-27)33-34)22(35)32-20(31-21)15-5-4-14(15)19-29-9-13(36-2)10-30-19/h3,6,8-11,14-15H,4-5H2,1-2H3,(H,31,32,35)/t11-,14+,15+/m0/s1. The number of H-pyrrole nitrogens is 1. The first kappa shape index (κ1) is 23.4. The molecule has 0 unspecified atom stereocenters. The highest BCUT2D eigenvalue weighted by molar-refractivity contribution is 5.80. The van der Waals surface area contributed by atoms with Crippen molar-refractivity contribution in [2.75, 3.05) is 7.11 Å². The van der Waals surface area contributed by atoms with Crippen LogP contribution in [0.2, 0.25) is 0 Å². The van der Waals surface area contributed by atoms with Crippen LogP contribution in [-0.4, -0.2) is 41.8 Å². The van der Waals surface area contributed by atoms with Gasteiger partial charge in [0.25, 0.3) is 5.56 Å². The summed E-state index contributed by atoms with van der Waals surface area (Å²) in [6.07, 6.45) is 1.23. The highest BCUT2D eigenvalue weighted by Gasteiger charge is 2.38. The van der Waals surface area contributed by atoms with Crippen molar-refractivity contribution in [1.29, 1.82) is 5.26 Å². The van der Waals surface area contributed by atoms with E-state index in [0.717, 1.165) is 25.1 Å². The largest absolute Gasteiger partial charge is 0.494 e. The number of nitrogens with one attached hydrogen (secondary N) is 1. The van der Waals surface area contributed by atoms with E-state index in [2.05, 4.69) is 30.0 Å². The maximum absolute atomic E-state index is 13.0. The second-order valence-corrected chi connectivity index (χ2v) is 8.48. The summed E-state index contributed by atoms with van der Waals surface area (Å²) in [5.74, 6) is 1.31. The van der Waals surface area contributed by atoms with Gasteiger partial charge in [0.1, 0.15) is 28.8 Å². The summed E-state index contributed by atoms with van der Waals surface area (Å²) >= 11 is 0. The Morgan fingerprint density at radius 3 is 2.44 bits per heavy atom. The third-order valence-corrected chi connectivity index (χ3v) is 6.45. The molecule has 4 heterocycles. The fourth-order valence-electron chi connectivity index (χ4n) is 4.31. The van der Waals surface area contributed by atoms with Crippen LogP contribution in [0.1, 0.15) is 66.2 Å². The molecule has 3 atom stereocenters. The van der Waals surface area contributed by atoms with E-state index in [9.17, 15) is 23.2 Å². The number of alkyl halides is 3. The van der Waals surface area contributed by atoms with Crippen molar-refractivity contribution in [3.8, 4) is 11.8 Å². The van der Waals surface area contributed by atoms with Gasteiger partial charge in [0, 0.05) is 18.0 Å². The van der Waals surface area contributed by atoms with Crippen molar-refractivity contribution in [2.45, 2.75) is 43.8 Å². The molecule has 4 aromatic heterocycles. The molecule has 184 valence electrons. The maximum Gasteiger partial charge on any atom is 0.433 e. The van der Waals surface area contributed by atoms with Crippen molar-refractivity contribution in [3.63, 3.8) is 0 Å². The number of ether oxygens (including phenoxy) is 1. The molecule has 1 N–H and O–H groups in total. The Balaban J connectivity index is 1.54. The van der Waals surface area contributed by atoms with E-state index in [-0.39, 0.29) is 28.6 Å². The van der Waals surface area contributed by atoms with E-state index >= 15 is 0 Å². The quantitative estimate of drug-likeness (QED) is 0.444. The lowest BCUT2D eigenvalue weighted by molar-refractivity contribution is -0.141. The number of pyridine rings is 1. The van der Waals surface area contributed by atoms with Crippen molar-refractivity contribution in [2.24, 2.45) is 0 Å². The van der Waals surface area contributed by atoms with E-state index in [4.69, 9.17) is 4.74 Å². The van der Waals surface area contributed by atoms with Gasteiger partial charge in [-0.1, -0.05) is 6.07 Å². The van der Waals surface area contributed by atoms with Gasteiger partial charge in [-0.3, -0.25) is 9.78 Å². The highest BCUT2D eigenvalue weighted by Crippen LogP contribution is 2.46. The first-order valence-corrected chi connectivity index (χ1v) is 11.0. The Hall–Kier alpha value is -4.34. The number of aromatic nitrogens is 7. The molecular formula is C23H19F3N8O2. The zero-order chi connectivity index (χ0) is 25.6. The zero-order valence-corrected chi connectivity index (χ0v) is 19.1. The van der Waals surface area contributed by atoms with E-state index in [1.165, 1.54) is 17.9 Å². The molecule has 0 aromatic carbocycles. The highest BCUT2D eigenvalue weighted by atomic mass is 19.4. The monoisotopic (exact) mass is 496 g/mol. The molecule has 0 aliphatic heterocycles. The van der Waals surface area contributed by atoms with Gasteiger partial charge in [0.2, 0.25) is 0 Å². The Bertz CT molecular complexity index is 1520. The van der Waals surface area contributed by atoms with Crippen LogP contribution in [0, 0.1) is 11.3 Å². The van der Waals surface area contributed by atoms with Gasteiger partial charge in [0.15, 0.2) is 17.1 Å². The average molecular weight is 496 g/mol. The molecule has 1 fully saturated rings. The van der Waals surface area contributed by atoms with Gasteiger partial charge >= 0.3 is 6.18 Å². The Morgan fingerprint density at radius 1 is 1.17 bits per heavy atom. The molecule has 0 amide bonds. The number of aromatic amines is 1. The molecule has 1 aliphatic rings. The van der Waals surface area contributed by atoms with Crippen LogP contribution in [0.5, 0.6) is 5.75 Å². The minimum absolute atomic E-state index is 0.0181. The molecule has 0 saturated heterocycles. The van der Waals surface area contributed by atoms with Gasteiger partial charge in [-0.2, -0.15) is 23.5 Å². The lowest BCUT2D eigenvalue weighted by Crippen LogP contribution is -2.28. The second kappa shape index (κ2) is 8.71. The SMILES string of the molecule is COc1cnc([C@@H]2CC[C@H]2c2nc3c(c(C#N)nn3[C@@H](C)c3ccc(C(F)(F)F)nc3)c(=O)[nH]2)nc1. The molecule has 0 spiro atoms. The Labute approximate surface area is 201 Å². The summed E-state index contributed by atoms with van der Waals surface area (Å²) < 4.78 is 45.2. The van der Waals surface area contributed by atoms with E-state index in [1.807, 2.05) is 6.07 Å². The predicted molar refractivity (Wildman–Crippen MR) is 119 cm³/mol. The molecule has 1 saturated carbocycles. The van der Waals surface area contributed by atoms with Crippen molar-refractivity contribution in [1.82, 2.24) is 34.7 Å². The minimum Gasteiger partial charge on any atom is -0.494 e. The van der Waals surface area contributed by atoms with Crippen molar-refractivity contribution < 1.29 is 17.9 Å². The molecule has 5 rings (SSSR count). The first-order chi connectivity index (χ1) is 17.2. The van der Waals surface area contributed by atoms with E-state index in [1.54, 1.807) is 19.3 Å². The lowest BCUT2D eigenvalue weighted by atomic mass is 9.72. The molecule has 36 heavy (non-hydrogen) atoms. The molecular weight excluding hydrogens is 477 g/mol. The Kier molecular flexibility index (Phi) is 5.66. The van der Waals surface area contributed by atoms with Crippen LogP contribution >= 0.6 is 0 Å². The normalized spacial score (nSPS) is 18.4. The van der Waals surface area contributed by atoms with Crippen LogP contribution in [-0.2, 0) is 6.18 Å². The summed E-state index contributed by atoms with van der Waals surface area (Å²) in [4.78, 5) is 32.6. The summed E-state index contributed by atoms with van der Waals surface area (Å²) in [5, 5.41) is 13.8. The molecule has 13 heteroatoms. The fourth-order valence-corrected chi connectivity index (χ4v) is 4.31. The number of rotatable bonds is 5. The Morgan fingerprint density at radius 2 is 1.89 bits per heavy atom. The van der Waals surface area contributed by atoms with Gasteiger partial charge in [-0.25, -0.2) is 19.6 Å². The van der Waals surface area contributed by atoms with E-state index < -0.39 is 23.5 Å². The lowest BCUT2D eigenvalue weighted by Gasteiger charge is -2.34. The third-order valence-electron chi connectivity index (χ3n) is 6.45. The topological polar surface area (TPSA) is 135 Å². The summed E-state index contributed by atoms with van der Waals surface area (Å²) in [7, 11) is 1.52. The number of hydrogen-bond acceptors (Lipinski definition) is 8. The van der Waals surface area contributed by atoms with Crippen LogP contribution < -0.4 is 10.3 Å². The fraction of sp³-hybridized carbons (Fsp3) is 0.348. The van der Waals surface area contributed by atoms with Crippen LogP contribution in [0.4, 0.5) is 13.2 Å². The first-order valence-electron chi connectivity index (χ1n) is 11.0. The number of nitrogens with zero attached hydrogens (tertiary/aromatic N) is 7. The maximum atomic E-state index is 13.0.